The summed E-state index contributed by atoms with van der Waals surface area (Å²) in [7, 11) is 0. The van der Waals surface area contributed by atoms with Gasteiger partial charge in [0.05, 0.1) is 0 Å². The summed E-state index contributed by atoms with van der Waals surface area (Å²) in [5, 5.41) is 8.31. The highest BCUT2D eigenvalue weighted by atomic mass is 32.1. The first kappa shape index (κ1) is 22.6. The summed E-state index contributed by atoms with van der Waals surface area (Å²) in [5.41, 5.74) is 1.87. The van der Waals surface area contributed by atoms with Crippen LogP contribution in [0.4, 0.5) is 10.1 Å². The van der Waals surface area contributed by atoms with Gasteiger partial charge in [-0.05, 0) is 69.4 Å². The van der Waals surface area contributed by atoms with E-state index in [1.165, 1.54) is 22.4 Å². The molecule has 1 atom stereocenters. The summed E-state index contributed by atoms with van der Waals surface area (Å²) in [6.07, 6.45) is 0. The molecule has 1 unspecified atom stereocenters. The van der Waals surface area contributed by atoms with E-state index in [2.05, 4.69) is 14.9 Å². The van der Waals surface area contributed by atoms with Gasteiger partial charge in [-0.3, -0.25) is 14.5 Å². The van der Waals surface area contributed by atoms with Crippen molar-refractivity contribution in [1.82, 2.24) is 14.9 Å². The molecule has 6 nitrogen and oxygen atoms in total. The van der Waals surface area contributed by atoms with Crippen molar-refractivity contribution in [3.63, 3.8) is 0 Å². The Morgan fingerprint density at radius 3 is 2.42 bits per heavy atom. The number of carbonyl (C=O) groups is 2. The summed E-state index contributed by atoms with van der Waals surface area (Å²) in [5.74, 6) is -1.59. The van der Waals surface area contributed by atoms with Crippen LogP contribution in [0.1, 0.15) is 54.0 Å². The van der Waals surface area contributed by atoms with E-state index in [1.54, 1.807) is 24.3 Å². The molecule has 0 aliphatic carbocycles. The minimum atomic E-state index is -1.24. The maximum absolute atomic E-state index is 15.0. The Balaban J connectivity index is 2.26. The van der Waals surface area contributed by atoms with Crippen LogP contribution in [0.5, 0.6) is 0 Å². The molecule has 1 aromatic heterocycles. The number of benzene rings is 2. The number of hydrogen-bond acceptors (Lipinski definition) is 5. The second-order valence-electron chi connectivity index (χ2n) is 8.35. The number of nitrogens with zero attached hydrogens (tertiary/aromatic N) is 3. The molecule has 0 spiro atoms. The molecule has 0 fully saturated rings. The predicted molar refractivity (Wildman–Crippen MR) is 120 cm³/mol. The first-order chi connectivity index (χ1) is 14.6. The van der Waals surface area contributed by atoms with Crippen LogP contribution in [-0.4, -0.2) is 26.9 Å². The average molecular weight is 441 g/mol. The molecule has 2 amide bonds. The first-order valence-corrected chi connectivity index (χ1v) is 10.7. The number of aryl methyl sites for hydroxylation is 1. The molecular weight excluding hydrogens is 415 g/mol. The van der Waals surface area contributed by atoms with Crippen molar-refractivity contribution in [2.24, 2.45) is 0 Å². The lowest BCUT2D eigenvalue weighted by Gasteiger charge is -2.34. The summed E-state index contributed by atoms with van der Waals surface area (Å²) >= 11 is 1.03. The van der Waals surface area contributed by atoms with E-state index in [4.69, 9.17) is 0 Å². The Kier molecular flexibility index (Phi) is 6.50. The molecule has 1 N–H and O–H groups in total. The fraction of sp³-hybridized carbons (Fsp3) is 0.304. The van der Waals surface area contributed by atoms with Gasteiger partial charge in [0.25, 0.3) is 5.91 Å². The van der Waals surface area contributed by atoms with Crippen LogP contribution < -0.4 is 10.2 Å². The van der Waals surface area contributed by atoms with Crippen LogP contribution in [-0.2, 0) is 4.79 Å². The number of carbonyl (C=O) groups excluding carboxylic acids is 2. The zero-order valence-electron chi connectivity index (χ0n) is 18.1. The number of anilines is 1. The Hall–Kier alpha value is -3.13. The molecule has 1 heterocycles. The number of halogens is 1. The molecule has 0 saturated heterocycles. The first-order valence-electron chi connectivity index (χ1n) is 9.83. The van der Waals surface area contributed by atoms with E-state index in [9.17, 15) is 14.0 Å². The smallest absolute Gasteiger partial charge is 0.280 e. The summed E-state index contributed by atoms with van der Waals surface area (Å²) in [6.45, 7) is 9.27. The third-order valence-corrected chi connectivity index (χ3v) is 5.34. The van der Waals surface area contributed by atoms with E-state index in [0.29, 0.717) is 5.69 Å². The van der Waals surface area contributed by atoms with Crippen molar-refractivity contribution in [3.8, 4) is 0 Å². The van der Waals surface area contributed by atoms with Gasteiger partial charge in [0, 0.05) is 22.2 Å². The van der Waals surface area contributed by atoms with Crippen LogP contribution in [0.2, 0.25) is 0 Å². The fourth-order valence-corrected chi connectivity index (χ4v) is 3.71. The topological polar surface area (TPSA) is 75.2 Å². The predicted octanol–water partition coefficient (Wildman–Crippen LogP) is 4.60. The Morgan fingerprint density at radius 2 is 1.81 bits per heavy atom. The van der Waals surface area contributed by atoms with Crippen molar-refractivity contribution in [2.75, 3.05) is 4.90 Å². The van der Waals surface area contributed by atoms with Gasteiger partial charge in [-0.15, -0.1) is 5.10 Å². The van der Waals surface area contributed by atoms with E-state index in [1.807, 2.05) is 40.7 Å². The van der Waals surface area contributed by atoms with Crippen LogP contribution >= 0.6 is 11.5 Å². The van der Waals surface area contributed by atoms with Gasteiger partial charge < -0.3 is 5.32 Å². The lowest BCUT2D eigenvalue weighted by molar-refractivity contribution is -0.124. The van der Waals surface area contributed by atoms with Crippen molar-refractivity contribution >= 4 is 29.0 Å². The Bertz CT molecular complexity index is 1090. The molecule has 2 aromatic carbocycles. The van der Waals surface area contributed by atoms with Gasteiger partial charge in [-0.2, -0.15) is 0 Å². The largest absolute Gasteiger partial charge is 0.349 e. The third-order valence-electron chi connectivity index (χ3n) is 4.84. The molecule has 0 aliphatic heterocycles. The van der Waals surface area contributed by atoms with E-state index in [0.717, 1.165) is 22.7 Å². The van der Waals surface area contributed by atoms with Gasteiger partial charge >= 0.3 is 0 Å². The maximum Gasteiger partial charge on any atom is 0.280 e. The van der Waals surface area contributed by atoms with Gasteiger partial charge in [-0.25, -0.2) is 4.39 Å². The van der Waals surface area contributed by atoms with Gasteiger partial charge in [0.2, 0.25) is 5.91 Å². The molecule has 0 bridgehead atoms. The lowest BCUT2D eigenvalue weighted by atomic mass is 9.98. The van der Waals surface area contributed by atoms with Crippen LogP contribution in [0.3, 0.4) is 0 Å². The lowest BCUT2D eigenvalue weighted by Crippen LogP contribution is -2.50. The molecule has 8 heteroatoms. The molecule has 0 radical (unpaired) electrons. The monoisotopic (exact) mass is 440 g/mol. The number of hydrogen-bond donors (Lipinski definition) is 1. The Labute approximate surface area is 185 Å². The number of nitrogens with one attached hydrogen (secondary N) is 1. The van der Waals surface area contributed by atoms with Crippen molar-refractivity contribution in [3.05, 3.63) is 76.0 Å². The molecule has 31 heavy (non-hydrogen) atoms. The van der Waals surface area contributed by atoms with Crippen LogP contribution in [0.15, 0.2) is 47.8 Å². The van der Waals surface area contributed by atoms with Crippen molar-refractivity contribution in [2.45, 2.75) is 46.2 Å². The molecule has 0 saturated carbocycles. The highest BCUT2D eigenvalue weighted by molar-refractivity contribution is 7.03. The summed E-state index contributed by atoms with van der Waals surface area (Å²) in [4.78, 5) is 28.4. The van der Waals surface area contributed by atoms with Crippen molar-refractivity contribution in [1.29, 1.82) is 0 Å². The average Bonchev–Trinajstić information content (AvgIpc) is 3.22. The van der Waals surface area contributed by atoms with Gasteiger partial charge in [0.15, 0.2) is 5.69 Å². The number of aromatic nitrogens is 2. The third kappa shape index (κ3) is 4.96. The molecular formula is C23H25FN4O2S. The quantitative estimate of drug-likeness (QED) is 0.629. The zero-order valence-corrected chi connectivity index (χ0v) is 19.0. The molecule has 0 aliphatic rings. The van der Waals surface area contributed by atoms with Gasteiger partial charge in [0.1, 0.15) is 11.9 Å². The highest BCUT2D eigenvalue weighted by Crippen LogP contribution is 2.34. The van der Waals surface area contributed by atoms with Crippen LogP contribution in [0, 0.1) is 19.7 Å². The Morgan fingerprint density at radius 1 is 1.10 bits per heavy atom. The number of amides is 2. The van der Waals surface area contributed by atoms with Gasteiger partial charge in [-0.1, -0.05) is 34.8 Å². The van der Waals surface area contributed by atoms with Crippen LogP contribution in [0.25, 0.3) is 0 Å². The highest BCUT2D eigenvalue weighted by Gasteiger charge is 2.37. The van der Waals surface area contributed by atoms with E-state index in [-0.39, 0.29) is 11.3 Å². The SMILES string of the molecule is Cc1cccc(N(C(=O)c2csnn2)C(C(=O)NC(C)(C)C)c2ccccc2F)c1C. The number of rotatable bonds is 5. The normalized spacial score (nSPS) is 12.3. The maximum atomic E-state index is 15.0. The van der Waals surface area contributed by atoms with E-state index < -0.39 is 29.2 Å². The fourth-order valence-electron chi connectivity index (χ4n) is 3.28. The van der Waals surface area contributed by atoms with Crippen molar-refractivity contribution < 1.29 is 14.0 Å². The van der Waals surface area contributed by atoms with E-state index >= 15 is 0 Å². The second kappa shape index (κ2) is 8.93. The standard InChI is InChI=1S/C23H25FN4O2S/c1-14-9-8-12-19(15(14)2)28(22(30)18-13-31-27-26-18)20(21(29)25-23(3,4)5)16-10-6-7-11-17(16)24/h6-13,20H,1-5H3,(H,25,29). The second-order valence-corrected chi connectivity index (χ2v) is 8.96. The molecule has 3 rings (SSSR count). The molecule has 3 aromatic rings. The zero-order chi connectivity index (χ0) is 22.8. The minimum Gasteiger partial charge on any atom is -0.349 e. The summed E-state index contributed by atoms with van der Waals surface area (Å²) < 4.78 is 18.7. The minimum absolute atomic E-state index is 0.0933. The summed E-state index contributed by atoms with van der Waals surface area (Å²) in [6, 6.07) is 10.2. The molecule has 162 valence electrons.